The van der Waals surface area contributed by atoms with Gasteiger partial charge in [-0.15, -0.1) is 0 Å². The van der Waals surface area contributed by atoms with Gasteiger partial charge in [0.25, 0.3) is 0 Å². The van der Waals surface area contributed by atoms with Crippen molar-refractivity contribution in [2.75, 3.05) is 7.11 Å². The Balaban J connectivity index is 2.30. The van der Waals surface area contributed by atoms with E-state index in [4.69, 9.17) is 4.74 Å². The molecule has 0 aliphatic rings. The lowest BCUT2D eigenvalue weighted by Crippen LogP contribution is -2.09. The molecule has 0 bridgehead atoms. The molecule has 0 spiro atoms. The maximum absolute atomic E-state index is 11.4. The maximum Gasteiger partial charge on any atom is 0.354 e. The Labute approximate surface area is 129 Å². The number of methoxy groups -OCH3 is 1. The van der Waals surface area contributed by atoms with Crippen molar-refractivity contribution >= 4 is 17.6 Å². The van der Waals surface area contributed by atoms with Gasteiger partial charge in [-0.1, -0.05) is 12.1 Å². The molecule has 0 unspecified atom stereocenters. The van der Waals surface area contributed by atoms with E-state index in [0.717, 1.165) is 10.7 Å². The molecule has 23 heavy (non-hydrogen) atoms. The number of benzene rings is 1. The number of rotatable bonds is 4. The number of aromatic carboxylic acids is 2. The molecule has 0 saturated heterocycles. The molecular formula is C15H11N3O5. The van der Waals surface area contributed by atoms with Crippen LogP contribution in [-0.4, -0.2) is 43.9 Å². The van der Waals surface area contributed by atoms with Crippen molar-refractivity contribution in [1.82, 2.24) is 14.6 Å². The highest BCUT2D eigenvalue weighted by atomic mass is 16.5. The summed E-state index contributed by atoms with van der Waals surface area (Å²) in [5, 5.41) is 22.3. The van der Waals surface area contributed by atoms with E-state index in [-0.39, 0.29) is 16.9 Å². The largest absolute Gasteiger partial charge is 0.497 e. The molecule has 8 nitrogen and oxygen atoms in total. The molecule has 0 amide bonds. The molecule has 0 aliphatic carbocycles. The van der Waals surface area contributed by atoms with Crippen molar-refractivity contribution in [2.24, 2.45) is 0 Å². The van der Waals surface area contributed by atoms with Gasteiger partial charge in [0.15, 0.2) is 11.3 Å². The molecular weight excluding hydrogens is 302 g/mol. The third kappa shape index (κ3) is 2.46. The van der Waals surface area contributed by atoms with E-state index in [1.165, 1.54) is 13.2 Å². The van der Waals surface area contributed by atoms with Crippen molar-refractivity contribution in [3.63, 3.8) is 0 Å². The first-order valence-corrected chi connectivity index (χ1v) is 6.51. The number of hydrogen-bond acceptors (Lipinski definition) is 5. The maximum atomic E-state index is 11.4. The molecule has 3 aromatic rings. The Bertz CT molecular complexity index is 932. The van der Waals surface area contributed by atoms with Gasteiger partial charge in [0.1, 0.15) is 11.3 Å². The Morgan fingerprint density at radius 2 is 1.96 bits per heavy atom. The second kappa shape index (κ2) is 5.41. The molecule has 2 heterocycles. The van der Waals surface area contributed by atoms with Gasteiger partial charge < -0.3 is 14.9 Å². The van der Waals surface area contributed by atoms with Gasteiger partial charge in [-0.25, -0.2) is 19.1 Å². The third-order valence-electron chi connectivity index (χ3n) is 3.29. The highest BCUT2D eigenvalue weighted by molar-refractivity contribution is 5.96. The number of hydrogen-bond donors (Lipinski definition) is 2. The highest BCUT2D eigenvalue weighted by Gasteiger charge is 2.20. The number of aromatic nitrogens is 3. The van der Waals surface area contributed by atoms with E-state index in [1.54, 1.807) is 24.3 Å². The molecule has 0 atom stereocenters. The first-order chi connectivity index (χ1) is 11.0. The SMILES string of the molecule is COc1cccc(-c2cc(C(=O)O)n3ncc(C(=O)O)c3n2)c1. The first kappa shape index (κ1) is 14.5. The van der Waals surface area contributed by atoms with E-state index in [2.05, 4.69) is 10.1 Å². The van der Waals surface area contributed by atoms with Crippen LogP contribution in [0.15, 0.2) is 36.5 Å². The summed E-state index contributed by atoms with van der Waals surface area (Å²) >= 11 is 0. The molecule has 8 heteroatoms. The fourth-order valence-corrected chi connectivity index (χ4v) is 2.20. The van der Waals surface area contributed by atoms with Gasteiger partial charge >= 0.3 is 11.9 Å². The second-order valence-corrected chi connectivity index (χ2v) is 4.66. The minimum absolute atomic E-state index is 0.0322. The van der Waals surface area contributed by atoms with Gasteiger partial charge in [0.2, 0.25) is 0 Å². The molecule has 0 saturated carbocycles. The zero-order chi connectivity index (χ0) is 16.6. The highest BCUT2D eigenvalue weighted by Crippen LogP contribution is 2.24. The van der Waals surface area contributed by atoms with Crippen LogP contribution in [0, 0.1) is 0 Å². The van der Waals surface area contributed by atoms with E-state index in [9.17, 15) is 19.8 Å². The van der Waals surface area contributed by atoms with Gasteiger partial charge in [-0.2, -0.15) is 5.10 Å². The molecule has 3 rings (SSSR count). The van der Waals surface area contributed by atoms with Crippen molar-refractivity contribution in [1.29, 1.82) is 0 Å². The molecule has 2 aromatic heterocycles. The molecule has 0 radical (unpaired) electrons. The van der Waals surface area contributed by atoms with E-state index in [0.29, 0.717) is 17.0 Å². The van der Waals surface area contributed by atoms with Crippen LogP contribution in [0.3, 0.4) is 0 Å². The van der Waals surface area contributed by atoms with Gasteiger partial charge in [0, 0.05) is 5.56 Å². The van der Waals surface area contributed by atoms with Crippen molar-refractivity contribution in [3.8, 4) is 17.0 Å². The molecule has 1 aromatic carbocycles. The van der Waals surface area contributed by atoms with E-state index < -0.39 is 11.9 Å². The average Bonchev–Trinajstić information content (AvgIpc) is 2.97. The predicted octanol–water partition coefficient (Wildman–Crippen LogP) is 1.80. The van der Waals surface area contributed by atoms with Crippen LogP contribution < -0.4 is 4.74 Å². The van der Waals surface area contributed by atoms with Crippen LogP contribution in [0.2, 0.25) is 0 Å². The van der Waals surface area contributed by atoms with Crippen molar-refractivity contribution < 1.29 is 24.5 Å². The number of carbonyl (C=O) groups is 2. The number of carboxylic acid groups (broad SMARTS) is 2. The quantitative estimate of drug-likeness (QED) is 0.754. The van der Waals surface area contributed by atoms with E-state index in [1.807, 2.05) is 0 Å². The van der Waals surface area contributed by atoms with Crippen molar-refractivity contribution in [3.05, 3.63) is 47.8 Å². The zero-order valence-electron chi connectivity index (χ0n) is 11.9. The Kier molecular flexibility index (Phi) is 3.41. The van der Waals surface area contributed by atoms with Crippen LogP contribution in [0.4, 0.5) is 0 Å². The Hall–Kier alpha value is -3.42. The first-order valence-electron chi connectivity index (χ1n) is 6.51. The van der Waals surface area contributed by atoms with Crippen LogP contribution in [0.5, 0.6) is 5.75 Å². The van der Waals surface area contributed by atoms with E-state index >= 15 is 0 Å². The average molecular weight is 313 g/mol. The summed E-state index contributed by atoms with van der Waals surface area (Å²) in [6.45, 7) is 0. The summed E-state index contributed by atoms with van der Waals surface area (Å²) < 4.78 is 6.13. The molecule has 116 valence electrons. The smallest absolute Gasteiger partial charge is 0.354 e. The monoisotopic (exact) mass is 313 g/mol. The summed E-state index contributed by atoms with van der Waals surface area (Å²) in [6, 6.07) is 8.21. The third-order valence-corrected chi connectivity index (χ3v) is 3.29. The fourth-order valence-electron chi connectivity index (χ4n) is 2.20. The fraction of sp³-hybridized carbons (Fsp3) is 0.0667. The summed E-state index contributed by atoms with van der Waals surface area (Å²) in [6.07, 6.45) is 1.08. The molecule has 0 fully saturated rings. The lowest BCUT2D eigenvalue weighted by molar-refractivity contribution is 0.0678. The standard InChI is InChI=1S/C15H11N3O5/c1-23-9-4-2-3-8(5-9)11-6-12(15(21)22)18-13(17-11)10(7-16-18)14(19)20/h2-7H,1H3,(H,19,20)(H,21,22). The Morgan fingerprint density at radius 3 is 2.61 bits per heavy atom. The predicted molar refractivity (Wildman–Crippen MR) is 78.9 cm³/mol. The Morgan fingerprint density at radius 1 is 1.17 bits per heavy atom. The van der Waals surface area contributed by atoms with Crippen LogP contribution in [-0.2, 0) is 0 Å². The van der Waals surface area contributed by atoms with Crippen LogP contribution in [0.1, 0.15) is 20.8 Å². The summed E-state index contributed by atoms with van der Waals surface area (Å²) in [4.78, 5) is 26.9. The normalized spacial score (nSPS) is 10.7. The zero-order valence-corrected chi connectivity index (χ0v) is 11.9. The number of carboxylic acids is 2. The molecule has 2 N–H and O–H groups in total. The molecule has 0 aliphatic heterocycles. The summed E-state index contributed by atoms with van der Waals surface area (Å²) in [5.74, 6) is -1.89. The number of fused-ring (bicyclic) bond motifs is 1. The van der Waals surface area contributed by atoms with Gasteiger partial charge in [-0.3, -0.25) is 0 Å². The van der Waals surface area contributed by atoms with Gasteiger partial charge in [-0.05, 0) is 18.2 Å². The summed E-state index contributed by atoms with van der Waals surface area (Å²) in [7, 11) is 1.51. The van der Waals surface area contributed by atoms with Crippen LogP contribution >= 0.6 is 0 Å². The lowest BCUT2D eigenvalue weighted by atomic mass is 10.1. The minimum Gasteiger partial charge on any atom is -0.497 e. The number of ether oxygens (including phenoxy) is 1. The minimum atomic E-state index is -1.23. The van der Waals surface area contributed by atoms with Crippen molar-refractivity contribution in [2.45, 2.75) is 0 Å². The lowest BCUT2D eigenvalue weighted by Gasteiger charge is -2.07. The topological polar surface area (TPSA) is 114 Å². The number of nitrogens with zero attached hydrogens (tertiary/aromatic N) is 3. The van der Waals surface area contributed by atoms with Gasteiger partial charge in [0.05, 0.1) is 19.0 Å². The summed E-state index contributed by atoms with van der Waals surface area (Å²) in [5.41, 5.74) is 0.538. The van der Waals surface area contributed by atoms with Crippen LogP contribution in [0.25, 0.3) is 16.9 Å². The second-order valence-electron chi connectivity index (χ2n) is 4.66.